The fraction of sp³-hybridized carbons (Fsp3) is 0.167. The number of nitrogens with one attached hydrogen (secondary N) is 1. The van der Waals surface area contributed by atoms with Crippen molar-refractivity contribution in [2.45, 2.75) is 16.3 Å². The molecule has 4 aromatic rings. The number of fused-ring (bicyclic) bond motifs is 1. The van der Waals surface area contributed by atoms with Gasteiger partial charge >= 0.3 is 0 Å². The summed E-state index contributed by atoms with van der Waals surface area (Å²) >= 11 is 1.15. The van der Waals surface area contributed by atoms with Gasteiger partial charge in [-0.1, -0.05) is 41.7 Å². The van der Waals surface area contributed by atoms with Gasteiger partial charge in [0.2, 0.25) is 20.0 Å². The highest BCUT2D eigenvalue weighted by molar-refractivity contribution is 7.89. The second-order valence-corrected chi connectivity index (χ2v) is 13.4. The molecule has 0 fully saturated rings. The van der Waals surface area contributed by atoms with Crippen LogP contribution in [0.2, 0.25) is 0 Å². The van der Waals surface area contributed by atoms with Crippen molar-refractivity contribution >= 4 is 52.6 Å². The molecule has 0 aliphatic carbocycles. The number of aromatic nitrogens is 1. The van der Waals surface area contributed by atoms with Crippen LogP contribution in [0.15, 0.2) is 82.6 Å². The van der Waals surface area contributed by atoms with Gasteiger partial charge in [-0.25, -0.2) is 26.1 Å². The number of carbonyl (C=O) groups excluding carboxylic acids is 1. The molecule has 0 aliphatic rings. The predicted molar refractivity (Wildman–Crippen MR) is 140 cm³/mol. The lowest BCUT2D eigenvalue weighted by atomic mass is 10.2. The van der Waals surface area contributed by atoms with E-state index in [0.29, 0.717) is 15.3 Å². The van der Waals surface area contributed by atoms with Crippen LogP contribution in [0.1, 0.15) is 15.9 Å². The van der Waals surface area contributed by atoms with Crippen LogP contribution >= 0.6 is 11.3 Å². The van der Waals surface area contributed by atoms with Gasteiger partial charge in [0, 0.05) is 33.3 Å². The number of anilines is 1. The Kier molecular flexibility index (Phi) is 7.25. The zero-order valence-corrected chi connectivity index (χ0v) is 22.2. The molecule has 9 nitrogen and oxygen atoms in total. The van der Waals surface area contributed by atoms with Crippen molar-refractivity contribution in [3.63, 3.8) is 0 Å². The van der Waals surface area contributed by atoms with Gasteiger partial charge in [0.05, 0.1) is 20.0 Å². The second kappa shape index (κ2) is 10.1. The standard InChI is InChI=1S/C24H24N4O5S3/c1-27(2)35(30,31)20-13-14-21-22(15-20)34-24(25-21)26-23(29)18-9-11-19(12-10-18)36(32,33)28(3)16-17-7-5-4-6-8-17/h4-15H,16H2,1-3H3,(H,25,26,29). The van der Waals surface area contributed by atoms with E-state index in [-0.39, 0.29) is 21.9 Å². The first-order valence-corrected chi connectivity index (χ1v) is 14.4. The summed E-state index contributed by atoms with van der Waals surface area (Å²) in [5.74, 6) is -0.461. The van der Waals surface area contributed by atoms with Crippen LogP contribution in [0.3, 0.4) is 0 Å². The van der Waals surface area contributed by atoms with Gasteiger partial charge in [0.25, 0.3) is 5.91 Å². The Morgan fingerprint density at radius 1 is 0.861 bits per heavy atom. The van der Waals surface area contributed by atoms with Crippen LogP contribution in [-0.4, -0.2) is 57.5 Å². The van der Waals surface area contributed by atoms with Crippen LogP contribution < -0.4 is 5.32 Å². The molecular weight excluding hydrogens is 520 g/mol. The number of rotatable bonds is 8. The summed E-state index contributed by atoms with van der Waals surface area (Å²) in [5, 5.41) is 2.99. The number of nitrogens with zero attached hydrogens (tertiary/aromatic N) is 3. The molecule has 3 aromatic carbocycles. The normalized spacial score (nSPS) is 12.4. The van der Waals surface area contributed by atoms with Gasteiger partial charge in [0.1, 0.15) is 0 Å². The molecule has 0 aliphatic heterocycles. The topological polar surface area (TPSA) is 117 Å². The molecule has 0 spiro atoms. The van der Waals surface area contributed by atoms with Crippen molar-refractivity contribution < 1.29 is 21.6 Å². The van der Waals surface area contributed by atoms with Crippen molar-refractivity contribution in [3.05, 3.63) is 83.9 Å². The van der Waals surface area contributed by atoms with Gasteiger partial charge in [-0.15, -0.1) is 0 Å². The molecule has 0 atom stereocenters. The highest BCUT2D eigenvalue weighted by Gasteiger charge is 2.22. The Labute approximate surface area is 214 Å². The molecule has 36 heavy (non-hydrogen) atoms. The van der Waals surface area contributed by atoms with Gasteiger partial charge < -0.3 is 0 Å². The molecule has 0 bridgehead atoms. The first kappa shape index (κ1) is 25.9. The van der Waals surface area contributed by atoms with E-state index in [2.05, 4.69) is 10.3 Å². The number of benzene rings is 3. The van der Waals surface area contributed by atoms with Crippen molar-refractivity contribution in [1.82, 2.24) is 13.6 Å². The van der Waals surface area contributed by atoms with Crippen molar-refractivity contribution in [1.29, 1.82) is 0 Å². The number of hydrogen-bond donors (Lipinski definition) is 1. The molecule has 1 amide bonds. The maximum Gasteiger partial charge on any atom is 0.257 e. The molecule has 1 N–H and O–H groups in total. The zero-order chi connectivity index (χ0) is 26.1. The number of sulfonamides is 2. The summed E-state index contributed by atoms with van der Waals surface area (Å²) in [6.45, 7) is 0.223. The third-order valence-corrected chi connectivity index (χ3v) is 9.99. The monoisotopic (exact) mass is 544 g/mol. The Morgan fingerprint density at radius 3 is 2.14 bits per heavy atom. The summed E-state index contributed by atoms with van der Waals surface area (Å²) in [5.41, 5.74) is 1.67. The molecule has 188 valence electrons. The highest BCUT2D eigenvalue weighted by Crippen LogP contribution is 2.29. The quantitative estimate of drug-likeness (QED) is 0.362. The third kappa shape index (κ3) is 5.32. The number of thiazole rings is 1. The SMILES string of the molecule is CN(C)S(=O)(=O)c1ccc2nc(NC(=O)c3ccc(S(=O)(=O)N(C)Cc4ccccc4)cc3)sc2c1. The fourth-order valence-corrected chi connectivity index (χ4v) is 6.44. The lowest BCUT2D eigenvalue weighted by Crippen LogP contribution is -2.26. The number of amides is 1. The first-order chi connectivity index (χ1) is 17.0. The van der Waals surface area contributed by atoms with E-state index in [1.165, 1.54) is 61.8 Å². The lowest BCUT2D eigenvalue weighted by molar-refractivity contribution is 0.102. The van der Waals surface area contributed by atoms with Crippen LogP contribution in [0.5, 0.6) is 0 Å². The maximum absolute atomic E-state index is 12.9. The molecule has 1 aromatic heterocycles. The molecule has 12 heteroatoms. The van der Waals surface area contributed by atoms with E-state index < -0.39 is 26.0 Å². The van der Waals surface area contributed by atoms with Crippen LogP contribution in [0.4, 0.5) is 5.13 Å². The summed E-state index contributed by atoms with van der Waals surface area (Å²) < 4.78 is 53.6. The summed E-state index contributed by atoms with van der Waals surface area (Å²) in [7, 11) is -2.92. The highest BCUT2D eigenvalue weighted by atomic mass is 32.2. The smallest absolute Gasteiger partial charge is 0.257 e. The Hall–Kier alpha value is -3.16. The van der Waals surface area contributed by atoms with E-state index >= 15 is 0 Å². The minimum atomic E-state index is -3.74. The summed E-state index contributed by atoms with van der Waals surface area (Å²) in [6.07, 6.45) is 0. The van der Waals surface area contributed by atoms with Crippen molar-refractivity contribution in [3.8, 4) is 0 Å². The molecule has 0 radical (unpaired) electrons. The predicted octanol–water partition coefficient (Wildman–Crippen LogP) is 3.62. The van der Waals surface area contributed by atoms with E-state index in [4.69, 9.17) is 0 Å². The Morgan fingerprint density at radius 2 is 1.50 bits per heavy atom. The minimum Gasteiger partial charge on any atom is -0.298 e. The fourth-order valence-electron chi connectivity index (χ4n) is 3.38. The van der Waals surface area contributed by atoms with Crippen molar-refractivity contribution in [2.75, 3.05) is 26.5 Å². The number of hydrogen-bond acceptors (Lipinski definition) is 7. The second-order valence-electron chi connectivity index (χ2n) is 8.16. The molecule has 0 saturated carbocycles. The molecular formula is C24H24N4O5S3. The van der Waals surface area contributed by atoms with Gasteiger partial charge in [-0.05, 0) is 48.0 Å². The van der Waals surface area contributed by atoms with E-state index in [1.807, 2.05) is 30.3 Å². The Bertz CT molecular complexity index is 1620. The average molecular weight is 545 g/mol. The summed E-state index contributed by atoms with van der Waals surface area (Å²) in [4.78, 5) is 17.3. The molecule has 1 heterocycles. The number of carbonyl (C=O) groups is 1. The lowest BCUT2D eigenvalue weighted by Gasteiger charge is -2.17. The Balaban J connectivity index is 1.49. The van der Waals surface area contributed by atoms with E-state index in [9.17, 15) is 21.6 Å². The zero-order valence-electron chi connectivity index (χ0n) is 19.7. The summed E-state index contributed by atoms with van der Waals surface area (Å²) in [6, 6.07) is 19.5. The van der Waals surface area contributed by atoms with Crippen molar-refractivity contribution in [2.24, 2.45) is 0 Å². The van der Waals surface area contributed by atoms with Gasteiger partial charge in [-0.2, -0.15) is 4.31 Å². The average Bonchev–Trinajstić information content (AvgIpc) is 3.26. The molecule has 0 saturated heterocycles. The van der Waals surface area contributed by atoms with E-state index in [0.717, 1.165) is 21.2 Å². The largest absolute Gasteiger partial charge is 0.298 e. The van der Waals surface area contributed by atoms with Crippen LogP contribution in [-0.2, 0) is 26.6 Å². The molecule has 0 unspecified atom stereocenters. The van der Waals surface area contributed by atoms with E-state index in [1.54, 1.807) is 6.07 Å². The molecule has 4 rings (SSSR count). The first-order valence-electron chi connectivity index (χ1n) is 10.7. The maximum atomic E-state index is 12.9. The van der Waals surface area contributed by atoms with Crippen LogP contribution in [0.25, 0.3) is 10.2 Å². The third-order valence-electron chi connectivity index (χ3n) is 5.43. The van der Waals surface area contributed by atoms with Gasteiger partial charge in [-0.3, -0.25) is 10.1 Å². The van der Waals surface area contributed by atoms with Gasteiger partial charge in [0.15, 0.2) is 5.13 Å². The minimum absolute atomic E-state index is 0.0760. The van der Waals surface area contributed by atoms with Crippen LogP contribution in [0, 0.1) is 0 Å².